The molecule has 1 aliphatic heterocycles. The molecule has 0 saturated carbocycles. The third kappa shape index (κ3) is 2.32. The Bertz CT molecular complexity index is 325. The van der Waals surface area contributed by atoms with Crippen LogP contribution >= 0.6 is 0 Å². The molecule has 15 heavy (non-hydrogen) atoms. The van der Waals surface area contributed by atoms with Crippen LogP contribution in [0.1, 0.15) is 32.3 Å². The van der Waals surface area contributed by atoms with E-state index in [0.717, 1.165) is 18.8 Å². The first-order valence-corrected chi connectivity index (χ1v) is 5.59. The van der Waals surface area contributed by atoms with E-state index in [9.17, 15) is 0 Å². The second-order valence-corrected chi connectivity index (χ2v) is 4.88. The van der Waals surface area contributed by atoms with E-state index in [1.165, 1.54) is 5.56 Å². The van der Waals surface area contributed by atoms with E-state index in [1.54, 1.807) is 0 Å². The molecule has 1 aromatic rings. The van der Waals surface area contributed by atoms with Gasteiger partial charge >= 0.3 is 0 Å². The average Bonchev–Trinajstić information content (AvgIpc) is 2.16. The van der Waals surface area contributed by atoms with Crippen molar-refractivity contribution in [1.82, 2.24) is 5.32 Å². The molecule has 0 unspecified atom stereocenters. The third-order valence-corrected chi connectivity index (χ3v) is 2.91. The van der Waals surface area contributed by atoms with Crippen LogP contribution in [0, 0.1) is 0 Å². The number of rotatable bonds is 3. The van der Waals surface area contributed by atoms with Crippen LogP contribution in [-0.2, 0) is 0 Å². The first-order valence-electron chi connectivity index (χ1n) is 5.59. The fraction of sp³-hybridized carbons (Fsp3) is 0.538. The van der Waals surface area contributed by atoms with Crippen LogP contribution in [0.2, 0.25) is 0 Å². The van der Waals surface area contributed by atoms with Gasteiger partial charge in [0.05, 0.1) is 0 Å². The van der Waals surface area contributed by atoms with Crippen molar-refractivity contribution < 1.29 is 4.74 Å². The van der Waals surface area contributed by atoms with Crippen LogP contribution in [-0.4, -0.2) is 18.7 Å². The molecule has 0 radical (unpaired) electrons. The summed E-state index contributed by atoms with van der Waals surface area (Å²) >= 11 is 0. The second kappa shape index (κ2) is 3.86. The summed E-state index contributed by atoms with van der Waals surface area (Å²) in [4.78, 5) is 0. The SMILES string of the molecule is CC(C)c1ccc(OC2(C)CNC2)cc1. The Morgan fingerprint density at radius 3 is 2.20 bits per heavy atom. The highest BCUT2D eigenvalue weighted by molar-refractivity contribution is 5.29. The van der Waals surface area contributed by atoms with Gasteiger partial charge in [0, 0.05) is 13.1 Å². The van der Waals surface area contributed by atoms with Crippen molar-refractivity contribution in [2.24, 2.45) is 0 Å². The fourth-order valence-electron chi connectivity index (χ4n) is 1.75. The molecule has 0 amide bonds. The molecule has 2 nitrogen and oxygen atoms in total. The lowest BCUT2D eigenvalue weighted by Crippen LogP contribution is -2.60. The second-order valence-electron chi connectivity index (χ2n) is 4.88. The average molecular weight is 205 g/mol. The summed E-state index contributed by atoms with van der Waals surface area (Å²) in [5, 5.41) is 3.23. The maximum absolute atomic E-state index is 5.91. The van der Waals surface area contributed by atoms with E-state index in [1.807, 2.05) is 0 Å². The highest BCUT2D eigenvalue weighted by Gasteiger charge is 2.33. The highest BCUT2D eigenvalue weighted by atomic mass is 16.5. The van der Waals surface area contributed by atoms with Crippen LogP contribution in [0.4, 0.5) is 0 Å². The van der Waals surface area contributed by atoms with Gasteiger partial charge in [-0.15, -0.1) is 0 Å². The lowest BCUT2D eigenvalue weighted by atomic mass is 9.99. The zero-order chi connectivity index (χ0) is 10.9. The van der Waals surface area contributed by atoms with E-state index >= 15 is 0 Å². The monoisotopic (exact) mass is 205 g/mol. The normalized spacial score (nSPS) is 18.7. The van der Waals surface area contributed by atoms with Crippen molar-refractivity contribution in [1.29, 1.82) is 0 Å². The Labute approximate surface area is 91.6 Å². The maximum Gasteiger partial charge on any atom is 0.131 e. The van der Waals surface area contributed by atoms with Crippen LogP contribution in [0.5, 0.6) is 5.75 Å². The molecule has 2 heteroatoms. The smallest absolute Gasteiger partial charge is 0.131 e. The number of benzene rings is 1. The minimum Gasteiger partial charge on any atom is -0.485 e. The van der Waals surface area contributed by atoms with Gasteiger partial charge in [-0.2, -0.15) is 0 Å². The summed E-state index contributed by atoms with van der Waals surface area (Å²) in [6.45, 7) is 8.43. The van der Waals surface area contributed by atoms with E-state index in [4.69, 9.17) is 4.74 Å². The minimum atomic E-state index is -0.000647. The molecule has 1 aromatic carbocycles. The van der Waals surface area contributed by atoms with Crippen molar-refractivity contribution in [3.05, 3.63) is 29.8 Å². The maximum atomic E-state index is 5.91. The van der Waals surface area contributed by atoms with Crippen molar-refractivity contribution in [2.45, 2.75) is 32.3 Å². The van der Waals surface area contributed by atoms with Gasteiger partial charge in [-0.1, -0.05) is 26.0 Å². The summed E-state index contributed by atoms with van der Waals surface area (Å²) in [5.41, 5.74) is 1.36. The molecule has 1 aliphatic rings. The van der Waals surface area contributed by atoms with Gasteiger partial charge in [0.25, 0.3) is 0 Å². The largest absolute Gasteiger partial charge is 0.485 e. The van der Waals surface area contributed by atoms with Crippen LogP contribution in [0.3, 0.4) is 0 Å². The topological polar surface area (TPSA) is 21.3 Å². The molecular weight excluding hydrogens is 186 g/mol. The van der Waals surface area contributed by atoms with Crippen molar-refractivity contribution >= 4 is 0 Å². The molecule has 1 saturated heterocycles. The molecule has 1 heterocycles. The molecule has 0 aliphatic carbocycles. The zero-order valence-corrected chi connectivity index (χ0v) is 9.71. The molecule has 82 valence electrons. The number of hydrogen-bond acceptors (Lipinski definition) is 2. The minimum absolute atomic E-state index is 0.000647. The first kappa shape index (κ1) is 10.5. The summed E-state index contributed by atoms with van der Waals surface area (Å²) in [7, 11) is 0. The van der Waals surface area contributed by atoms with E-state index in [2.05, 4.69) is 50.4 Å². The fourth-order valence-corrected chi connectivity index (χ4v) is 1.75. The Morgan fingerprint density at radius 2 is 1.80 bits per heavy atom. The summed E-state index contributed by atoms with van der Waals surface area (Å²) < 4.78 is 5.91. The van der Waals surface area contributed by atoms with Gasteiger partial charge in [-0.05, 0) is 30.5 Å². The molecule has 2 rings (SSSR count). The molecule has 0 atom stereocenters. The Morgan fingerprint density at radius 1 is 1.20 bits per heavy atom. The van der Waals surface area contributed by atoms with Crippen molar-refractivity contribution in [2.75, 3.05) is 13.1 Å². The van der Waals surface area contributed by atoms with Gasteiger partial charge in [0.15, 0.2) is 0 Å². The lowest BCUT2D eigenvalue weighted by Gasteiger charge is -2.39. The zero-order valence-electron chi connectivity index (χ0n) is 9.71. The molecular formula is C13H19NO. The lowest BCUT2D eigenvalue weighted by molar-refractivity contribution is 0.0348. The van der Waals surface area contributed by atoms with E-state index in [0.29, 0.717) is 5.92 Å². The number of ether oxygens (including phenoxy) is 1. The van der Waals surface area contributed by atoms with Crippen molar-refractivity contribution in [3.63, 3.8) is 0 Å². The van der Waals surface area contributed by atoms with Gasteiger partial charge in [-0.3, -0.25) is 0 Å². The number of nitrogens with one attached hydrogen (secondary N) is 1. The van der Waals surface area contributed by atoms with Crippen LogP contribution < -0.4 is 10.1 Å². The van der Waals surface area contributed by atoms with Crippen LogP contribution in [0.15, 0.2) is 24.3 Å². The highest BCUT2D eigenvalue weighted by Crippen LogP contribution is 2.23. The summed E-state index contributed by atoms with van der Waals surface area (Å²) in [6, 6.07) is 8.43. The summed E-state index contributed by atoms with van der Waals surface area (Å²) in [5.74, 6) is 1.56. The predicted molar refractivity (Wildman–Crippen MR) is 62.4 cm³/mol. The number of hydrogen-bond donors (Lipinski definition) is 1. The quantitative estimate of drug-likeness (QED) is 0.818. The van der Waals surface area contributed by atoms with E-state index < -0.39 is 0 Å². The standard InChI is InChI=1S/C13H19NO/c1-10(2)11-4-6-12(7-5-11)15-13(3)8-14-9-13/h4-7,10,14H,8-9H2,1-3H3. The Hall–Kier alpha value is -1.02. The molecule has 0 aromatic heterocycles. The molecule has 1 fully saturated rings. The third-order valence-electron chi connectivity index (χ3n) is 2.91. The van der Waals surface area contributed by atoms with Gasteiger partial charge in [0.1, 0.15) is 11.4 Å². The first-order chi connectivity index (χ1) is 7.09. The van der Waals surface area contributed by atoms with Gasteiger partial charge < -0.3 is 10.1 Å². The Balaban J connectivity index is 2.04. The van der Waals surface area contributed by atoms with Crippen molar-refractivity contribution in [3.8, 4) is 5.75 Å². The van der Waals surface area contributed by atoms with Crippen LogP contribution in [0.25, 0.3) is 0 Å². The summed E-state index contributed by atoms with van der Waals surface area (Å²) in [6.07, 6.45) is 0. The van der Waals surface area contributed by atoms with E-state index in [-0.39, 0.29) is 5.60 Å². The van der Waals surface area contributed by atoms with Gasteiger partial charge in [-0.25, -0.2) is 0 Å². The molecule has 0 bridgehead atoms. The van der Waals surface area contributed by atoms with Gasteiger partial charge in [0.2, 0.25) is 0 Å². The molecule has 0 spiro atoms. The molecule has 1 N–H and O–H groups in total. The predicted octanol–water partition coefficient (Wildman–Crippen LogP) is 2.55. The Kier molecular flexibility index (Phi) is 2.70.